The van der Waals surface area contributed by atoms with Gasteiger partial charge in [-0.15, -0.1) is 0 Å². The minimum Gasteiger partial charge on any atom is -0.478 e. The molecule has 18 heavy (non-hydrogen) atoms. The van der Waals surface area contributed by atoms with Crippen LogP contribution in [0.4, 0.5) is 0 Å². The maximum absolute atomic E-state index is 11.7. The van der Waals surface area contributed by atoms with Crippen molar-refractivity contribution in [1.29, 1.82) is 0 Å². The first-order valence-electron chi connectivity index (χ1n) is 5.48. The van der Waals surface area contributed by atoms with Crippen molar-refractivity contribution in [2.45, 2.75) is 13.8 Å². The molecule has 0 fully saturated rings. The van der Waals surface area contributed by atoms with E-state index in [9.17, 15) is 9.59 Å². The highest BCUT2D eigenvalue weighted by molar-refractivity contribution is 5.97. The predicted molar refractivity (Wildman–Crippen MR) is 69.4 cm³/mol. The third-order valence-electron chi connectivity index (χ3n) is 2.39. The van der Waals surface area contributed by atoms with Crippen LogP contribution in [0.5, 0.6) is 0 Å². The van der Waals surface area contributed by atoms with Crippen molar-refractivity contribution in [2.24, 2.45) is 0 Å². The van der Waals surface area contributed by atoms with E-state index in [1.165, 1.54) is 18.3 Å². The van der Waals surface area contributed by atoms with Gasteiger partial charge in [0.2, 0.25) is 0 Å². The van der Waals surface area contributed by atoms with E-state index in [-0.39, 0.29) is 11.5 Å². The number of carbonyl (C=O) groups is 2. The van der Waals surface area contributed by atoms with Gasteiger partial charge in [-0.2, -0.15) is 0 Å². The van der Waals surface area contributed by atoms with Gasteiger partial charge < -0.3 is 10.4 Å². The van der Waals surface area contributed by atoms with E-state index in [0.29, 0.717) is 5.56 Å². The van der Waals surface area contributed by atoms with Gasteiger partial charge in [0.05, 0.1) is 5.56 Å². The van der Waals surface area contributed by atoms with Crippen molar-refractivity contribution < 1.29 is 14.7 Å². The third-order valence-corrected chi connectivity index (χ3v) is 2.39. The lowest BCUT2D eigenvalue weighted by Gasteiger charge is -2.01. The highest BCUT2D eigenvalue weighted by Gasteiger charge is 2.07. The topological polar surface area (TPSA) is 66.4 Å². The zero-order valence-corrected chi connectivity index (χ0v) is 10.3. The van der Waals surface area contributed by atoms with E-state index >= 15 is 0 Å². The van der Waals surface area contributed by atoms with Crippen molar-refractivity contribution in [3.8, 4) is 0 Å². The Morgan fingerprint density at radius 1 is 1.28 bits per heavy atom. The van der Waals surface area contributed by atoms with Gasteiger partial charge >= 0.3 is 5.97 Å². The molecule has 1 rings (SSSR count). The molecule has 0 radical (unpaired) electrons. The molecule has 0 aliphatic rings. The molecular formula is C14H15NO3. The summed E-state index contributed by atoms with van der Waals surface area (Å²) in [5.74, 6) is -1.39. The number of allylic oxidation sites excluding steroid dienone is 3. The summed E-state index contributed by atoms with van der Waals surface area (Å²) in [6, 6.07) is 5.89. The number of rotatable bonds is 4. The largest absolute Gasteiger partial charge is 0.478 e. The Bertz CT molecular complexity index is 516. The molecule has 0 unspecified atom stereocenters. The molecule has 94 valence electrons. The van der Waals surface area contributed by atoms with Gasteiger partial charge in [-0.3, -0.25) is 4.79 Å². The highest BCUT2D eigenvalue weighted by atomic mass is 16.4. The summed E-state index contributed by atoms with van der Waals surface area (Å²) in [6.07, 6.45) is 5.21. The number of hydrogen-bond donors (Lipinski definition) is 2. The number of benzene rings is 1. The summed E-state index contributed by atoms with van der Waals surface area (Å²) < 4.78 is 0. The lowest BCUT2D eigenvalue weighted by atomic mass is 10.1. The summed E-state index contributed by atoms with van der Waals surface area (Å²) in [5, 5.41) is 11.4. The molecule has 1 aromatic rings. The van der Waals surface area contributed by atoms with E-state index in [2.05, 4.69) is 5.32 Å². The number of carbonyl (C=O) groups excluding carboxylic acids is 1. The maximum Gasteiger partial charge on any atom is 0.335 e. The van der Waals surface area contributed by atoms with Gasteiger partial charge in [0.1, 0.15) is 0 Å². The summed E-state index contributed by atoms with van der Waals surface area (Å²) in [4.78, 5) is 22.5. The maximum atomic E-state index is 11.7. The van der Waals surface area contributed by atoms with Gasteiger partial charge in [-0.1, -0.05) is 17.7 Å². The SMILES string of the molecule is C/C=C(C)/C=C/NC(=O)c1cccc(C(=O)O)c1. The van der Waals surface area contributed by atoms with Crippen LogP contribution in [0.2, 0.25) is 0 Å². The van der Waals surface area contributed by atoms with Crippen molar-refractivity contribution in [2.75, 3.05) is 0 Å². The second kappa shape index (κ2) is 6.39. The number of hydrogen-bond acceptors (Lipinski definition) is 2. The van der Waals surface area contributed by atoms with E-state index in [1.807, 2.05) is 19.9 Å². The Morgan fingerprint density at radius 3 is 2.56 bits per heavy atom. The van der Waals surface area contributed by atoms with Crippen molar-refractivity contribution in [3.63, 3.8) is 0 Å². The second-order valence-electron chi connectivity index (χ2n) is 3.73. The Hall–Kier alpha value is -2.36. The Morgan fingerprint density at radius 2 is 1.94 bits per heavy atom. The molecule has 4 nitrogen and oxygen atoms in total. The Labute approximate surface area is 106 Å². The number of amides is 1. The molecule has 2 N–H and O–H groups in total. The molecule has 0 aliphatic heterocycles. The van der Waals surface area contributed by atoms with E-state index < -0.39 is 5.97 Å². The fourth-order valence-electron chi connectivity index (χ4n) is 1.22. The fourth-order valence-corrected chi connectivity index (χ4v) is 1.22. The summed E-state index contributed by atoms with van der Waals surface area (Å²) in [6.45, 7) is 3.81. The number of aromatic carboxylic acids is 1. The minimum atomic E-state index is -1.05. The van der Waals surface area contributed by atoms with Gasteiger partial charge in [-0.25, -0.2) is 4.79 Å². The van der Waals surface area contributed by atoms with Crippen LogP contribution in [0.3, 0.4) is 0 Å². The van der Waals surface area contributed by atoms with Crippen molar-refractivity contribution in [3.05, 3.63) is 59.3 Å². The van der Waals surface area contributed by atoms with Gasteiger partial charge in [0, 0.05) is 11.8 Å². The molecule has 4 heteroatoms. The zero-order valence-electron chi connectivity index (χ0n) is 10.3. The third kappa shape index (κ3) is 3.90. The van der Waals surface area contributed by atoms with Crippen LogP contribution >= 0.6 is 0 Å². The monoisotopic (exact) mass is 245 g/mol. The molecule has 1 amide bonds. The van der Waals surface area contributed by atoms with Crippen molar-refractivity contribution >= 4 is 11.9 Å². The fraction of sp³-hybridized carbons (Fsp3) is 0.143. The van der Waals surface area contributed by atoms with Crippen molar-refractivity contribution in [1.82, 2.24) is 5.32 Å². The molecule has 0 bridgehead atoms. The number of nitrogens with one attached hydrogen (secondary N) is 1. The number of carboxylic acid groups (broad SMARTS) is 1. The molecular weight excluding hydrogens is 230 g/mol. The molecule has 0 aliphatic carbocycles. The molecule has 0 aromatic heterocycles. The predicted octanol–water partition coefficient (Wildman–Crippen LogP) is 2.59. The lowest BCUT2D eigenvalue weighted by molar-refractivity contribution is 0.0697. The average molecular weight is 245 g/mol. The first kappa shape index (κ1) is 13.7. The first-order chi connectivity index (χ1) is 8.54. The van der Waals surface area contributed by atoms with Gasteiger partial charge in [-0.05, 0) is 38.1 Å². The van der Waals surface area contributed by atoms with Crippen LogP contribution in [0.1, 0.15) is 34.6 Å². The van der Waals surface area contributed by atoms with Crippen LogP contribution in [-0.2, 0) is 0 Å². The Kier molecular flexibility index (Phi) is 4.87. The molecule has 1 aromatic carbocycles. The van der Waals surface area contributed by atoms with Crippen LogP contribution in [-0.4, -0.2) is 17.0 Å². The van der Waals surface area contributed by atoms with E-state index in [1.54, 1.807) is 18.2 Å². The van der Waals surface area contributed by atoms with Gasteiger partial charge in [0.15, 0.2) is 0 Å². The normalized spacial score (nSPS) is 11.6. The standard InChI is InChI=1S/C14H15NO3/c1-3-10(2)7-8-15-13(16)11-5-4-6-12(9-11)14(17)18/h3-9H,1-2H3,(H,15,16)(H,17,18)/b8-7+,10-3+. The number of carboxylic acids is 1. The molecule has 0 saturated heterocycles. The van der Waals surface area contributed by atoms with Crippen LogP contribution < -0.4 is 5.32 Å². The molecule has 0 saturated carbocycles. The van der Waals surface area contributed by atoms with E-state index in [0.717, 1.165) is 5.57 Å². The molecule has 0 heterocycles. The smallest absolute Gasteiger partial charge is 0.335 e. The van der Waals surface area contributed by atoms with Crippen LogP contribution in [0, 0.1) is 0 Å². The minimum absolute atomic E-state index is 0.0938. The van der Waals surface area contributed by atoms with Gasteiger partial charge in [0.25, 0.3) is 5.91 Å². The summed E-state index contributed by atoms with van der Waals surface area (Å²) in [5.41, 5.74) is 1.43. The molecule has 0 spiro atoms. The average Bonchev–Trinajstić information content (AvgIpc) is 2.38. The lowest BCUT2D eigenvalue weighted by Crippen LogP contribution is -2.17. The first-order valence-corrected chi connectivity index (χ1v) is 5.48. The summed E-state index contributed by atoms with van der Waals surface area (Å²) in [7, 11) is 0. The van der Waals surface area contributed by atoms with E-state index in [4.69, 9.17) is 5.11 Å². The van der Waals surface area contributed by atoms with Crippen LogP contribution in [0.25, 0.3) is 0 Å². The Balaban J connectivity index is 2.76. The molecule has 0 atom stereocenters. The second-order valence-corrected chi connectivity index (χ2v) is 3.73. The zero-order chi connectivity index (χ0) is 13.5. The van der Waals surface area contributed by atoms with Crippen LogP contribution in [0.15, 0.2) is 48.2 Å². The quantitative estimate of drug-likeness (QED) is 0.801. The summed E-state index contributed by atoms with van der Waals surface area (Å²) >= 11 is 0. The highest BCUT2D eigenvalue weighted by Crippen LogP contribution is 2.05.